The predicted molar refractivity (Wildman–Crippen MR) is 73.4 cm³/mol. The van der Waals surface area contributed by atoms with E-state index >= 15 is 0 Å². The molecule has 0 atom stereocenters. The molecule has 9 heteroatoms. The van der Waals surface area contributed by atoms with E-state index in [-0.39, 0.29) is 11.4 Å². The number of amides is 1. The van der Waals surface area contributed by atoms with Gasteiger partial charge in [-0.3, -0.25) is 4.79 Å². The lowest BCUT2D eigenvalue weighted by molar-refractivity contribution is -0.274. The molecule has 3 rings (SSSR count). The Bertz CT molecular complexity index is 704. The largest absolute Gasteiger partial charge is 0.573 e. The van der Waals surface area contributed by atoms with Crippen LogP contribution in [-0.4, -0.2) is 28.7 Å². The monoisotopic (exact) mass is 327 g/mol. The van der Waals surface area contributed by atoms with Gasteiger partial charge in [0.25, 0.3) is 5.91 Å². The SMILES string of the molecule is O=C(Nc1ccccc1OC(F)(F)F)c1cc2n(n1)CCCO2. The Labute approximate surface area is 128 Å². The van der Waals surface area contributed by atoms with E-state index in [0.717, 1.165) is 12.5 Å². The summed E-state index contributed by atoms with van der Waals surface area (Å²) < 4.78 is 47.9. The summed E-state index contributed by atoms with van der Waals surface area (Å²) in [6.07, 6.45) is -4.07. The van der Waals surface area contributed by atoms with Crippen molar-refractivity contribution in [3.63, 3.8) is 0 Å². The number of fused-ring (bicyclic) bond motifs is 1. The lowest BCUT2D eigenvalue weighted by Gasteiger charge is -2.13. The Balaban J connectivity index is 1.79. The number of halogens is 3. The van der Waals surface area contributed by atoms with Gasteiger partial charge in [0, 0.05) is 19.0 Å². The number of hydrogen-bond donors (Lipinski definition) is 1. The lowest BCUT2D eigenvalue weighted by Crippen LogP contribution is -2.20. The molecule has 1 aromatic heterocycles. The number of benzene rings is 1. The first-order chi connectivity index (χ1) is 10.9. The number of nitrogens with zero attached hydrogens (tertiary/aromatic N) is 2. The molecule has 1 amide bonds. The van der Waals surface area contributed by atoms with Crippen molar-refractivity contribution in [1.82, 2.24) is 9.78 Å². The van der Waals surface area contributed by atoms with Crippen LogP contribution in [0.15, 0.2) is 30.3 Å². The van der Waals surface area contributed by atoms with Gasteiger partial charge in [-0.15, -0.1) is 13.2 Å². The zero-order chi connectivity index (χ0) is 16.4. The zero-order valence-corrected chi connectivity index (χ0v) is 11.8. The third kappa shape index (κ3) is 3.55. The van der Waals surface area contributed by atoms with Crippen LogP contribution in [0.2, 0.25) is 0 Å². The number of aryl methyl sites for hydroxylation is 1. The van der Waals surface area contributed by atoms with Crippen molar-refractivity contribution in [2.24, 2.45) is 0 Å². The van der Waals surface area contributed by atoms with Gasteiger partial charge in [-0.25, -0.2) is 4.68 Å². The Hall–Kier alpha value is -2.71. The van der Waals surface area contributed by atoms with Crippen LogP contribution in [0.4, 0.5) is 18.9 Å². The molecule has 0 aliphatic carbocycles. The lowest BCUT2D eigenvalue weighted by atomic mass is 10.3. The molecule has 0 unspecified atom stereocenters. The van der Waals surface area contributed by atoms with Gasteiger partial charge < -0.3 is 14.8 Å². The quantitative estimate of drug-likeness (QED) is 0.941. The van der Waals surface area contributed by atoms with Crippen LogP contribution in [0.5, 0.6) is 11.6 Å². The van der Waals surface area contributed by atoms with Crippen molar-refractivity contribution >= 4 is 11.6 Å². The van der Waals surface area contributed by atoms with Crippen LogP contribution in [-0.2, 0) is 6.54 Å². The fourth-order valence-electron chi connectivity index (χ4n) is 2.15. The molecule has 0 saturated carbocycles. The Morgan fingerprint density at radius 2 is 2.13 bits per heavy atom. The number of ether oxygens (including phenoxy) is 2. The highest BCUT2D eigenvalue weighted by atomic mass is 19.4. The van der Waals surface area contributed by atoms with Gasteiger partial charge in [-0.1, -0.05) is 12.1 Å². The number of carbonyl (C=O) groups is 1. The van der Waals surface area contributed by atoms with Gasteiger partial charge in [0.1, 0.15) is 0 Å². The van der Waals surface area contributed by atoms with E-state index in [4.69, 9.17) is 4.74 Å². The average molecular weight is 327 g/mol. The third-order valence-corrected chi connectivity index (χ3v) is 3.10. The summed E-state index contributed by atoms with van der Waals surface area (Å²) in [4.78, 5) is 12.2. The fourth-order valence-corrected chi connectivity index (χ4v) is 2.15. The summed E-state index contributed by atoms with van der Waals surface area (Å²) in [5, 5.41) is 6.43. The molecule has 122 valence electrons. The van der Waals surface area contributed by atoms with Gasteiger partial charge in [-0.05, 0) is 12.1 Å². The maximum atomic E-state index is 12.4. The number of alkyl halides is 3. The normalized spacial score (nSPS) is 13.9. The number of nitrogens with one attached hydrogen (secondary N) is 1. The molecule has 0 spiro atoms. The number of hydrogen-bond acceptors (Lipinski definition) is 4. The second kappa shape index (κ2) is 5.82. The van der Waals surface area contributed by atoms with Crippen molar-refractivity contribution in [3.05, 3.63) is 36.0 Å². The van der Waals surface area contributed by atoms with E-state index in [2.05, 4.69) is 15.2 Å². The first kappa shape index (κ1) is 15.2. The van der Waals surface area contributed by atoms with Crippen LogP contribution in [0.25, 0.3) is 0 Å². The van der Waals surface area contributed by atoms with Crippen molar-refractivity contribution in [2.45, 2.75) is 19.3 Å². The molecule has 0 saturated heterocycles. The van der Waals surface area contributed by atoms with Crippen molar-refractivity contribution in [2.75, 3.05) is 11.9 Å². The fraction of sp³-hybridized carbons (Fsp3) is 0.286. The second-order valence-corrected chi connectivity index (χ2v) is 4.79. The Kier molecular flexibility index (Phi) is 3.85. The minimum Gasteiger partial charge on any atom is -0.478 e. The van der Waals surface area contributed by atoms with E-state index in [1.54, 1.807) is 0 Å². The number of aromatic nitrogens is 2. The first-order valence-corrected chi connectivity index (χ1v) is 6.79. The summed E-state index contributed by atoms with van der Waals surface area (Å²) in [6, 6.07) is 6.73. The molecule has 1 N–H and O–H groups in total. The zero-order valence-electron chi connectivity index (χ0n) is 11.8. The van der Waals surface area contributed by atoms with E-state index in [9.17, 15) is 18.0 Å². The maximum absolute atomic E-state index is 12.4. The molecule has 2 heterocycles. The van der Waals surface area contributed by atoms with Crippen LogP contribution < -0.4 is 14.8 Å². The van der Waals surface area contributed by atoms with E-state index in [1.807, 2.05) is 0 Å². The topological polar surface area (TPSA) is 65.4 Å². The van der Waals surface area contributed by atoms with Crippen LogP contribution >= 0.6 is 0 Å². The molecule has 0 radical (unpaired) electrons. The average Bonchev–Trinajstić information content (AvgIpc) is 2.92. The van der Waals surface area contributed by atoms with Gasteiger partial charge in [0.2, 0.25) is 5.88 Å². The number of carbonyl (C=O) groups excluding carboxylic acids is 1. The van der Waals surface area contributed by atoms with Gasteiger partial charge in [0.05, 0.1) is 12.3 Å². The predicted octanol–water partition coefficient (Wildman–Crippen LogP) is 2.82. The molecule has 0 fully saturated rings. The summed E-state index contributed by atoms with van der Waals surface area (Å²) in [5.41, 5.74) is -0.0366. The number of para-hydroxylation sites is 2. The maximum Gasteiger partial charge on any atom is 0.573 e. The van der Waals surface area contributed by atoms with Gasteiger partial charge in [-0.2, -0.15) is 5.10 Å². The standard InChI is InChI=1S/C14H12F3N3O3/c15-14(16,17)23-11-5-2-1-4-9(11)18-13(21)10-8-12-20(19-10)6-3-7-22-12/h1-2,4-5,8H,3,6-7H2,(H,18,21). The first-order valence-electron chi connectivity index (χ1n) is 6.79. The molecule has 1 aromatic carbocycles. The molecule has 1 aliphatic rings. The highest BCUT2D eigenvalue weighted by molar-refractivity contribution is 6.03. The van der Waals surface area contributed by atoms with Gasteiger partial charge >= 0.3 is 6.36 Å². The van der Waals surface area contributed by atoms with Crippen molar-refractivity contribution in [3.8, 4) is 11.6 Å². The van der Waals surface area contributed by atoms with E-state index in [0.29, 0.717) is 19.0 Å². The minimum atomic E-state index is -4.85. The Morgan fingerprint density at radius 1 is 1.35 bits per heavy atom. The van der Waals surface area contributed by atoms with E-state index in [1.165, 1.54) is 28.9 Å². The number of rotatable bonds is 3. The summed E-state index contributed by atoms with van der Waals surface area (Å²) >= 11 is 0. The van der Waals surface area contributed by atoms with Crippen LogP contribution in [0.1, 0.15) is 16.9 Å². The van der Waals surface area contributed by atoms with Gasteiger partial charge in [0.15, 0.2) is 11.4 Å². The highest BCUT2D eigenvalue weighted by Crippen LogP contribution is 2.30. The highest BCUT2D eigenvalue weighted by Gasteiger charge is 2.32. The molecular formula is C14H12F3N3O3. The molecule has 2 aromatic rings. The summed E-state index contributed by atoms with van der Waals surface area (Å²) in [6.45, 7) is 1.16. The number of anilines is 1. The van der Waals surface area contributed by atoms with Crippen LogP contribution in [0, 0.1) is 0 Å². The van der Waals surface area contributed by atoms with Crippen molar-refractivity contribution in [1.29, 1.82) is 0 Å². The summed E-state index contributed by atoms with van der Waals surface area (Å²) in [5.74, 6) is -0.677. The van der Waals surface area contributed by atoms with E-state index < -0.39 is 18.0 Å². The summed E-state index contributed by atoms with van der Waals surface area (Å²) in [7, 11) is 0. The molecule has 0 bridgehead atoms. The molecule has 23 heavy (non-hydrogen) atoms. The second-order valence-electron chi connectivity index (χ2n) is 4.79. The molecule has 1 aliphatic heterocycles. The molecular weight excluding hydrogens is 315 g/mol. The molecule has 6 nitrogen and oxygen atoms in total. The third-order valence-electron chi connectivity index (χ3n) is 3.10. The van der Waals surface area contributed by atoms with Crippen molar-refractivity contribution < 1.29 is 27.4 Å². The Morgan fingerprint density at radius 3 is 2.87 bits per heavy atom. The smallest absolute Gasteiger partial charge is 0.478 e. The minimum absolute atomic E-state index is 0.0590. The van der Waals surface area contributed by atoms with Crippen LogP contribution in [0.3, 0.4) is 0 Å².